The number of amides is 9. The molecule has 2 rings (SSSR count). The van der Waals surface area contributed by atoms with E-state index < -0.39 is 171 Å². The molecule has 0 unspecified atom stereocenters. The van der Waals surface area contributed by atoms with Gasteiger partial charge in [0.1, 0.15) is 53.8 Å². The molecule has 410 valence electrons. The first-order valence-electron chi connectivity index (χ1n) is 23.2. The zero-order chi connectivity index (χ0) is 56.5. The van der Waals surface area contributed by atoms with Crippen LogP contribution in [0.1, 0.15) is 83.3 Å². The van der Waals surface area contributed by atoms with Crippen LogP contribution in [0, 0.1) is 5.92 Å². The molecule has 0 saturated heterocycles. The molecule has 0 radical (unpaired) electrons. The number of nitrogens with one attached hydrogen (secondary N) is 8. The van der Waals surface area contributed by atoms with Crippen molar-refractivity contribution in [1.82, 2.24) is 42.5 Å². The molecular formula is C47H63N9O19. The Balaban J connectivity index is 2.34. The first-order chi connectivity index (χ1) is 35.1. The number of carboxylic acid groups (broad SMARTS) is 4. The van der Waals surface area contributed by atoms with Gasteiger partial charge in [-0.05, 0) is 67.0 Å². The molecule has 9 amide bonds. The smallest absolute Gasteiger partial charge is 0.305 e. The Morgan fingerprint density at radius 1 is 0.453 bits per heavy atom. The highest BCUT2D eigenvalue weighted by Gasteiger charge is 2.34. The Morgan fingerprint density at radius 3 is 1.23 bits per heavy atom. The topological polar surface area (TPSA) is 466 Å². The highest BCUT2D eigenvalue weighted by molar-refractivity contribution is 5.98. The van der Waals surface area contributed by atoms with E-state index in [0.717, 1.165) is 6.92 Å². The molecule has 0 aliphatic carbocycles. The summed E-state index contributed by atoms with van der Waals surface area (Å²) >= 11 is 0. The predicted molar refractivity (Wildman–Crippen MR) is 257 cm³/mol. The van der Waals surface area contributed by atoms with E-state index in [1.807, 2.05) is 0 Å². The third-order valence-electron chi connectivity index (χ3n) is 10.7. The first-order valence-corrected chi connectivity index (χ1v) is 23.2. The monoisotopic (exact) mass is 1060 g/mol. The summed E-state index contributed by atoms with van der Waals surface area (Å²) in [5.41, 5.74) is 6.12. The summed E-state index contributed by atoms with van der Waals surface area (Å²) in [6.07, 6.45) is -5.34. The van der Waals surface area contributed by atoms with Crippen molar-refractivity contribution < 1.29 is 93.0 Å². The van der Waals surface area contributed by atoms with Crippen LogP contribution in [-0.2, 0) is 75.2 Å². The van der Waals surface area contributed by atoms with Crippen LogP contribution in [0.4, 0.5) is 0 Å². The molecule has 16 N–H and O–H groups in total. The van der Waals surface area contributed by atoms with Gasteiger partial charge < -0.3 is 78.9 Å². The van der Waals surface area contributed by atoms with Gasteiger partial charge in [-0.25, -0.2) is 0 Å². The number of carboxylic acids is 4. The van der Waals surface area contributed by atoms with Crippen molar-refractivity contribution in [2.75, 3.05) is 6.54 Å². The molecule has 0 aliphatic rings. The Hall–Kier alpha value is -8.85. The maximum Gasteiger partial charge on any atom is 0.305 e. The molecular weight excluding hydrogens is 995 g/mol. The van der Waals surface area contributed by atoms with Crippen molar-refractivity contribution in [2.45, 2.75) is 127 Å². The Bertz CT molecular complexity index is 2400. The Labute approximate surface area is 428 Å². The summed E-state index contributed by atoms with van der Waals surface area (Å²) in [5.74, 6) is -15.9. The van der Waals surface area contributed by atoms with Crippen LogP contribution in [0.15, 0.2) is 48.5 Å². The summed E-state index contributed by atoms with van der Waals surface area (Å²) < 4.78 is 0. The molecule has 28 nitrogen and oxygen atoms in total. The number of carbonyl (C=O) groups is 13. The predicted octanol–water partition coefficient (Wildman–Crippen LogP) is -2.99. The molecule has 0 aliphatic heterocycles. The molecule has 75 heavy (non-hydrogen) atoms. The molecule has 0 spiro atoms. The Morgan fingerprint density at radius 2 is 0.813 bits per heavy atom. The average molecular weight is 1060 g/mol. The highest BCUT2D eigenvalue weighted by atomic mass is 16.4. The largest absolute Gasteiger partial charge is 0.508 e. The number of phenols is 2. The second kappa shape index (κ2) is 30.9. The van der Waals surface area contributed by atoms with Gasteiger partial charge in [0.15, 0.2) is 0 Å². The van der Waals surface area contributed by atoms with Gasteiger partial charge >= 0.3 is 23.9 Å². The molecule has 2 aromatic rings. The van der Waals surface area contributed by atoms with Crippen LogP contribution < -0.4 is 48.3 Å². The third-order valence-corrected chi connectivity index (χ3v) is 10.7. The van der Waals surface area contributed by atoms with E-state index in [-0.39, 0.29) is 36.7 Å². The minimum absolute atomic E-state index is 0.0790. The molecule has 0 heterocycles. The van der Waals surface area contributed by atoms with E-state index in [4.69, 9.17) is 10.8 Å². The first kappa shape index (κ1) is 62.3. The summed E-state index contributed by atoms with van der Waals surface area (Å²) in [7, 11) is 0. The van der Waals surface area contributed by atoms with Crippen LogP contribution >= 0.6 is 0 Å². The fourth-order valence-electron chi connectivity index (χ4n) is 7.01. The van der Waals surface area contributed by atoms with Gasteiger partial charge in [0.05, 0.1) is 13.0 Å². The summed E-state index contributed by atoms with van der Waals surface area (Å²) in [4.78, 5) is 165. The molecule has 0 aromatic heterocycles. The molecule has 0 fully saturated rings. The van der Waals surface area contributed by atoms with E-state index in [9.17, 15) is 87.9 Å². The van der Waals surface area contributed by atoms with Gasteiger partial charge in [-0.1, -0.05) is 38.1 Å². The second-order valence-electron chi connectivity index (χ2n) is 17.6. The van der Waals surface area contributed by atoms with Crippen molar-refractivity contribution in [3.8, 4) is 11.5 Å². The normalized spacial score (nSPS) is 13.6. The quantitative estimate of drug-likeness (QED) is 0.0339. The van der Waals surface area contributed by atoms with Crippen LogP contribution in [0.2, 0.25) is 0 Å². The minimum atomic E-state index is -2.01. The van der Waals surface area contributed by atoms with Crippen molar-refractivity contribution in [2.24, 2.45) is 11.7 Å². The van der Waals surface area contributed by atoms with E-state index in [0.29, 0.717) is 11.1 Å². The average Bonchev–Trinajstić information content (AvgIpc) is 3.31. The summed E-state index contributed by atoms with van der Waals surface area (Å²) in [6, 6.07) is -0.378. The number of rotatable bonds is 33. The van der Waals surface area contributed by atoms with E-state index in [2.05, 4.69) is 42.5 Å². The standard InChI is InChI=1S/C47H63N9O19/c1-23(2)18-32(44(72)54-31(14-17-39(65)66)43(71)52-29(41(48)69)12-15-37(61)62)51-36(60)22-49-42(70)30(13-16-38(63)64)53-47(75)35(21-40(67)68)56-46(74)34(20-26-6-10-28(59)11-7-26)55-45(73)33(50-24(3)57)19-25-4-8-27(58)9-5-25/h4-11,23,29-35,58-59H,12-22H2,1-3H3,(H2,48,69)(H,49,70)(H,50,57)(H,51,60)(H,52,71)(H,53,75)(H,54,72)(H,55,73)(H,56,74)(H,61,62)(H,63,64)(H,65,66)(H,67,68)/t29-,30-,31-,32-,33-,34-,35-/m0/s1. The second-order valence-corrected chi connectivity index (χ2v) is 17.6. The number of benzene rings is 2. The van der Waals surface area contributed by atoms with Crippen molar-refractivity contribution in [1.29, 1.82) is 0 Å². The molecule has 28 heteroatoms. The fraction of sp³-hybridized carbons (Fsp3) is 0.468. The van der Waals surface area contributed by atoms with Crippen molar-refractivity contribution in [3.63, 3.8) is 0 Å². The SMILES string of the molecule is CC(=O)N[C@@H](Cc1ccc(O)cc1)C(=O)N[C@@H](Cc1ccc(O)cc1)C(=O)N[C@@H](CC(=O)O)C(=O)N[C@@H](CCC(=O)O)C(=O)NCC(=O)N[C@@H](CC(C)C)C(=O)N[C@@H](CCC(=O)O)C(=O)N[C@@H](CCC(=O)O)C(N)=O. The van der Waals surface area contributed by atoms with Crippen molar-refractivity contribution in [3.05, 3.63) is 59.7 Å². The lowest BCUT2D eigenvalue weighted by Crippen LogP contribution is -2.59. The Kier molecular flexibility index (Phi) is 25.7. The number of phenolic OH excluding ortho intramolecular Hbond substituents is 2. The summed E-state index contributed by atoms with van der Waals surface area (Å²) in [6.45, 7) is 3.49. The highest BCUT2D eigenvalue weighted by Crippen LogP contribution is 2.15. The lowest BCUT2D eigenvalue weighted by Gasteiger charge is -2.26. The fourth-order valence-corrected chi connectivity index (χ4v) is 7.01. The molecule has 2 aromatic carbocycles. The van der Waals surface area contributed by atoms with Crippen LogP contribution in [0.3, 0.4) is 0 Å². The number of hydrogen-bond acceptors (Lipinski definition) is 15. The van der Waals surface area contributed by atoms with E-state index in [1.54, 1.807) is 13.8 Å². The number of carbonyl (C=O) groups excluding carboxylic acids is 9. The van der Waals surface area contributed by atoms with Gasteiger partial charge in [0, 0.05) is 39.0 Å². The molecule has 0 bridgehead atoms. The third kappa shape index (κ3) is 24.4. The van der Waals surface area contributed by atoms with Gasteiger partial charge in [0.2, 0.25) is 53.2 Å². The lowest BCUT2D eigenvalue weighted by molar-refractivity contribution is -0.142. The van der Waals surface area contributed by atoms with E-state index >= 15 is 0 Å². The number of hydrogen-bond donors (Lipinski definition) is 15. The maximum absolute atomic E-state index is 14.0. The van der Waals surface area contributed by atoms with Crippen LogP contribution in [0.25, 0.3) is 0 Å². The van der Waals surface area contributed by atoms with Gasteiger partial charge in [-0.3, -0.25) is 62.3 Å². The molecule has 7 atom stereocenters. The lowest BCUT2D eigenvalue weighted by atomic mass is 10.0. The van der Waals surface area contributed by atoms with Gasteiger partial charge in [0.25, 0.3) is 0 Å². The van der Waals surface area contributed by atoms with Crippen LogP contribution in [0.5, 0.6) is 11.5 Å². The summed E-state index contributed by atoms with van der Waals surface area (Å²) in [5, 5.41) is 75.3. The minimum Gasteiger partial charge on any atom is -0.508 e. The number of aromatic hydroxyl groups is 2. The van der Waals surface area contributed by atoms with E-state index in [1.165, 1.54) is 48.5 Å². The van der Waals surface area contributed by atoms with Crippen LogP contribution in [-0.4, -0.2) is 157 Å². The molecule has 0 saturated carbocycles. The van der Waals surface area contributed by atoms with Crippen molar-refractivity contribution >= 4 is 77.0 Å². The zero-order valence-corrected chi connectivity index (χ0v) is 41.1. The number of primary amides is 1. The van der Waals surface area contributed by atoms with Gasteiger partial charge in [-0.15, -0.1) is 0 Å². The maximum atomic E-state index is 14.0. The number of aliphatic carboxylic acids is 4. The zero-order valence-electron chi connectivity index (χ0n) is 41.1. The van der Waals surface area contributed by atoms with Gasteiger partial charge in [-0.2, -0.15) is 0 Å². The number of nitrogens with two attached hydrogens (primary N) is 1.